The summed E-state index contributed by atoms with van der Waals surface area (Å²) in [4.78, 5) is 2.28. The number of aliphatic hydroxyl groups excluding tert-OH is 2. The van der Waals surface area contributed by atoms with E-state index in [0.29, 0.717) is 13.0 Å². The molecule has 1 fully saturated rings. The van der Waals surface area contributed by atoms with Gasteiger partial charge in [-0.2, -0.15) is 0 Å². The number of fused-ring (bicyclic) bond motifs is 2. The first-order valence-electron chi connectivity index (χ1n) is 7.41. The first kappa shape index (κ1) is 12.0. The van der Waals surface area contributed by atoms with E-state index in [-0.39, 0.29) is 12.8 Å². The molecule has 1 saturated heterocycles. The van der Waals surface area contributed by atoms with Gasteiger partial charge in [-0.25, -0.2) is 0 Å². The van der Waals surface area contributed by atoms with Crippen molar-refractivity contribution in [2.75, 3.05) is 13.3 Å². The van der Waals surface area contributed by atoms with Gasteiger partial charge in [0.1, 0.15) is 0 Å². The Labute approximate surface area is 122 Å². The van der Waals surface area contributed by atoms with E-state index in [1.807, 2.05) is 24.3 Å². The van der Waals surface area contributed by atoms with Gasteiger partial charge in [0.2, 0.25) is 6.79 Å². The van der Waals surface area contributed by atoms with E-state index in [2.05, 4.69) is 4.90 Å². The molecule has 3 unspecified atom stereocenters. The number of nitrogens with zero attached hydrogens (tertiary/aromatic N) is 1. The summed E-state index contributed by atoms with van der Waals surface area (Å²) in [5, 5.41) is 20.7. The fourth-order valence-electron chi connectivity index (χ4n) is 4.53. The number of rotatable bonds is 0. The van der Waals surface area contributed by atoms with Crippen molar-refractivity contribution in [3.05, 3.63) is 35.4 Å². The normalized spacial score (nSPS) is 41.8. The molecule has 2 bridgehead atoms. The zero-order valence-corrected chi connectivity index (χ0v) is 11.5. The van der Waals surface area contributed by atoms with Crippen LogP contribution in [0.1, 0.15) is 17.5 Å². The van der Waals surface area contributed by atoms with E-state index in [1.165, 1.54) is 5.56 Å². The van der Waals surface area contributed by atoms with Crippen molar-refractivity contribution in [1.29, 1.82) is 0 Å². The van der Waals surface area contributed by atoms with Crippen molar-refractivity contribution in [2.24, 2.45) is 0 Å². The predicted molar refractivity (Wildman–Crippen MR) is 74.2 cm³/mol. The minimum Gasteiger partial charge on any atom is -0.454 e. The summed E-state index contributed by atoms with van der Waals surface area (Å²) in [6.07, 6.45) is 3.63. The molecular weight excluding hydrogens is 270 g/mol. The van der Waals surface area contributed by atoms with Crippen molar-refractivity contribution in [3.8, 4) is 11.5 Å². The minimum atomic E-state index is -0.451. The van der Waals surface area contributed by atoms with Crippen LogP contribution in [0.25, 0.3) is 0 Å². The Morgan fingerprint density at radius 3 is 2.86 bits per heavy atom. The van der Waals surface area contributed by atoms with Gasteiger partial charge in [0.05, 0.1) is 17.6 Å². The number of ether oxygens (including phenoxy) is 2. The van der Waals surface area contributed by atoms with Gasteiger partial charge in [0.25, 0.3) is 0 Å². The van der Waals surface area contributed by atoms with Gasteiger partial charge in [-0.3, -0.25) is 4.90 Å². The summed E-state index contributed by atoms with van der Waals surface area (Å²) >= 11 is 0. The maximum Gasteiger partial charge on any atom is 0.231 e. The zero-order chi connectivity index (χ0) is 14.2. The third-order valence-corrected chi connectivity index (χ3v) is 5.45. The van der Waals surface area contributed by atoms with E-state index in [9.17, 15) is 10.2 Å². The van der Waals surface area contributed by atoms with E-state index < -0.39 is 17.6 Å². The van der Waals surface area contributed by atoms with Crippen LogP contribution in [0, 0.1) is 0 Å². The molecule has 3 heterocycles. The standard InChI is InChI=1S/C16H17NO4/c18-10-1-2-16-11-5-13-12(20-8-21-13)3-9(11)6-17(7-15(16)19)14(16)4-10/h1-3,5,10,14-15,18-19H,4,6-8H2/t10-,14-,15?,16?/m0/s1. The lowest BCUT2D eigenvalue weighted by Crippen LogP contribution is -2.52. The molecule has 5 atom stereocenters. The van der Waals surface area contributed by atoms with Crippen LogP contribution >= 0.6 is 0 Å². The fourth-order valence-corrected chi connectivity index (χ4v) is 4.53. The van der Waals surface area contributed by atoms with Gasteiger partial charge in [-0.15, -0.1) is 0 Å². The second-order valence-corrected chi connectivity index (χ2v) is 6.42. The molecule has 0 saturated carbocycles. The smallest absolute Gasteiger partial charge is 0.231 e. The van der Waals surface area contributed by atoms with Crippen LogP contribution in [0.15, 0.2) is 24.3 Å². The van der Waals surface area contributed by atoms with E-state index >= 15 is 0 Å². The molecule has 0 amide bonds. The summed E-state index contributed by atoms with van der Waals surface area (Å²) in [7, 11) is 0. The van der Waals surface area contributed by atoms with Crippen molar-refractivity contribution in [2.45, 2.75) is 36.6 Å². The summed E-state index contributed by atoms with van der Waals surface area (Å²) in [6, 6.07) is 4.22. The highest BCUT2D eigenvalue weighted by atomic mass is 16.7. The molecule has 0 radical (unpaired) electrons. The summed E-state index contributed by atoms with van der Waals surface area (Å²) in [5.74, 6) is 1.55. The van der Waals surface area contributed by atoms with Gasteiger partial charge in [-0.05, 0) is 29.7 Å². The highest BCUT2D eigenvalue weighted by molar-refractivity contribution is 5.56. The van der Waals surface area contributed by atoms with Crippen LogP contribution in [0.2, 0.25) is 0 Å². The Balaban J connectivity index is 1.76. The SMILES string of the molecule is OC1CN2Cc3cc4c(cc3C13C=C[C@H](O)C[C@H]23)OCO4. The third-order valence-electron chi connectivity index (χ3n) is 5.45. The second-order valence-electron chi connectivity index (χ2n) is 6.42. The molecule has 0 aromatic heterocycles. The van der Waals surface area contributed by atoms with E-state index in [1.54, 1.807) is 0 Å². The zero-order valence-electron chi connectivity index (χ0n) is 11.5. The first-order valence-corrected chi connectivity index (χ1v) is 7.41. The van der Waals surface area contributed by atoms with Crippen LogP contribution in [0.5, 0.6) is 11.5 Å². The van der Waals surface area contributed by atoms with Crippen LogP contribution in [-0.4, -0.2) is 46.7 Å². The summed E-state index contributed by atoms with van der Waals surface area (Å²) in [5.41, 5.74) is 1.89. The number of aliphatic hydroxyl groups is 2. The minimum absolute atomic E-state index is 0.153. The van der Waals surface area contributed by atoms with Gasteiger partial charge >= 0.3 is 0 Å². The fraction of sp³-hybridized carbons (Fsp3) is 0.500. The average Bonchev–Trinajstić information content (AvgIpc) is 2.99. The number of benzene rings is 1. The Hall–Kier alpha value is -1.56. The Morgan fingerprint density at radius 2 is 2.00 bits per heavy atom. The maximum absolute atomic E-state index is 10.7. The summed E-state index contributed by atoms with van der Waals surface area (Å²) in [6.45, 7) is 1.69. The maximum atomic E-state index is 10.7. The molecule has 2 N–H and O–H groups in total. The molecule has 21 heavy (non-hydrogen) atoms. The molecule has 4 aliphatic rings. The molecular formula is C16H17NO4. The molecule has 110 valence electrons. The lowest BCUT2D eigenvalue weighted by atomic mass is 9.65. The van der Waals surface area contributed by atoms with Gasteiger partial charge in [-0.1, -0.05) is 12.2 Å². The molecule has 0 spiro atoms. The highest BCUT2D eigenvalue weighted by Gasteiger charge is 2.58. The average molecular weight is 287 g/mol. The lowest BCUT2D eigenvalue weighted by molar-refractivity contribution is 0.0937. The van der Waals surface area contributed by atoms with Crippen molar-refractivity contribution in [3.63, 3.8) is 0 Å². The predicted octanol–water partition coefficient (Wildman–Crippen LogP) is 0.533. The Kier molecular flexibility index (Phi) is 2.17. The monoisotopic (exact) mass is 287 g/mol. The third kappa shape index (κ3) is 1.36. The van der Waals surface area contributed by atoms with Gasteiger partial charge < -0.3 is 19.7 Å². The Bertz CT molecular complexity index is 658. The molecule has 3 aliphatic heterocycles. The molecule has 1 aromatic rings. The first-order chi connectivity index (χ1) is 10.2. The second kappa shape index (κ2) is 3.80. The largest absolute Gasteiger partial charge is 0.454 e. The van der Waals surface area contributed by atoms with Crippen LogP contribution < -0.4 is 9.47 Å². The van der Waals surface area contributed by atoms with E-state index in [4.69, 9.17) is 9.47 Å². The van der Waals surface area contributed by atoms with Gasteiger partial charge in [0.15, 0.2) is 11.5 Å². The molecule has 1 aliphatic carbocycles. The lowest BCUT2D eigenvalue weighted by Gasteiger charge is -2.45. The molecule has 5 rings (SSSR count). The van der Waals surface area contributed by atoms with Crippen molar-refractivity contribution in [1.82, 2.24) is 4.90 Å². The van der Waals surface area contributed by atoms with Crippen molar-refractivity contribution < 1.29 is 19.7 Å². The Morgan fingerprint density at radius 1 is 1.19 bits per heavy atom. The van der Waals surface area contributed by atoms with Crippen LogP contribution in [-0.2, 0) is 12.0 Å². The molecule has 5 nitrogen and oxygen atoms in total. The summed E-state index contributed by atoms with van der Waals surface area (Å²) < 4.78 is 11.0. The number of hydrogen-bond acceptors (Lipinski definition) is 5. The van der Waals surface area contributed by atoms with Gasteiger partial charge in [0, 0.05) is 19.1 Å². The molecule has 5 heteroatoms. The van der Waals surface area contributed by atoms with E-state index in [0.717, 1.165) is 23.6 Å². The topological polar surface area (TPSA) is 62.2 Å². The highest BCUT2D eigenvalue weighted by Crippen LogP contribution is 2.53. The quantitative estimate of drug-likeness (QED) is 0.682. The number of hydrogen-bond donors (Lipinski definition) is 2. The van der Waals surface area contributed by atoms with Crippen LogP contribution in [0.4, 0.5) is 0 Å². The van der Waals surface area contributed by atoms with Crippen LogP contribution in [0.3, 0.4) is 0 Å². The van der Waals surface area contributed by atoms with Crippen molar-refractivity contribution >= 4 is 0 Å². The molecule has 1 aromatic carbocycles.